The van der Waals surface area contributed by atoms with Gasteiger partial charge in [-0.25, -0.2) is 0 Å². The SMILES string of the molecule is CC(C)COc1ccccc1CNC(=O)C(C)C1CNC1. The first kappa shape index (κ1) is 15.8. The standard InChI is InChI=1S/C17H26N2O2/c1-12(2)11-21-16-7-5-4-6-14(16)10-19-17(20)13(3)15-8-18-9-15/h4-7,12-13,15,18H,8-11H2,1-3H3,(H,19,20). The molecule has 21 heavy (non-hydrogen) atoms. The number of hydrogen-bond acceptors (Lipinski definition) is 3. The van der Waals surface area contributed by atoms with E-state index >= 15 is 0 Å². The largest absolute Gasteiger partial charge is 0.493 e. The van der Waals surface area contributed by atoms with Crippen molar-refractivity contribution in [2.24, 2.45) is 17.8 Å². The third kappa shape index (κ3) is 4.46. The van der Waals surface area contributed by atoms with Crippen LogP contribution in [0.1, 0.15) is 26.3 Å². The summed E-state index contributed by atoms with van der Waals surface area (Å²) in [5.41, 5.74) is 1.03. The van der Waals surface area contributed by atoms with Crippen LogP contribution in [-0.2, 0) is 11.3 Å². The number of amides is 1. The van der Waals surface area contributed by atoms with Crippen LogP contribution in [0.3, 0.4) is 0 Å². The van der Waals surface area contributed by atoms with Gasteiger partial charge in [0.15, 0.2) is 0 Å². The minimum Gasteiger partial charge on any atom is -0.493 e. The van der Waals surface area contributed by atoms with Crippen LogP contribution in [0.2, 0.25) is 0 Å². The molecule has 4 nitrogen and oxygen atoms in total. The van der Waals surface area contributed by atoms with Gasteiger partial charge >= 0.3 is 0 Å². The molecule has 1 heterocycles. The number of carbonyl (C=O) groups excluding carboxylic acids is 1. The molecule has 2 N–H and O–H groups in total. The van der Waals surface area contributed by atoms with E-state index in [-0.39, 0.29) is 11.8 Å². The molecular weight excluding hydrogens is 264 g/mol. The molecule has 1 fully saturated rings. The predicted octanol–water partition coefficient (Wildman–Crippen LogP) is 2.19. The van der Waals surface area contributed by atoms with Gasteiger partial charge in [0, 0.05) is 18.0 Å². The summed E-state index contributed by atoms with van der Waals surface area (Å²) in [4.78, 5) is 12.1. The Labute approximate surface area is 127 Å². The molecule has 116 valence electrons. The summed E-state index contributed by atoms with van der Waals surface area (Å²) in [5.74, 6) is 2.01. The molecule has 1 amide bonds. The molecule has 1 atom stereocenters. The highest BCUT2D eigenvalue weighted by Gasteiger charge is 2.28. The fraction of sp³-hybridized carbons (Fsp3) is 0.588. The molecule has 1 aliphatic rings. The van der Waals surface area contributed by atoms with E-state index in [0.29, 0.717) is 25.0 Å². The summed E-state index contributed by atoms with van der Waals surface area (Å²) in [6.07, 6.45) is 0. The van der Waals surface area contributed by atoms with Crippen molar-refractivity contribution in [2.45, 2.75) is 27.3 Å². The lowest BCUT2D eigenvalue weighted by Crippen LogP contribution is -2.49. The lowest BCUT2D eigenvalue weighted by Gasteiger charge is -2.31. The van der Waals surface area contributed by atoms with Gasteiger partial charge in [0.2, 0.25) is 5.91 Å². The average Bonchev–Trinajstić information content (AvgIpc) is 2.41. The zero-order valence-corrected chi connectivity index (χ0v) is 13.2. The fourth-order valence-electron chi connectivity index (χ4n) is 2.27. The summed E-state index contributed by atoms with van der Waals surface area (Å²) in [5, 5.41) is 6.24. The normalized spacial score (nSPS) is 16.4. The zero-order chi connectivity index (χ0) is 15.2. The van der Waals surface area contributed by atoms with E-state index < -0.39 is 0 Å². The Morgan fingerprint density at radius 2 is 2.05 bits per heavy atom. The van der Waals surface area contributed by atoms with Crippen LogP contribution >= 0.6 is 0 Å². The first-order chi connectivity index (χ1) is 10.1. The van der Waals surface area contributed by atoms with Gasteiger partial charge < -0.3 is 15.4 Å². The maximum atomic E-state index is 12.1. The molecule has 0 saturated carbocycles. The quantitative estimate of drug-likeness (QED) is 0.809. The molecule has 0 aromatic heterocycles. The second-order valence-electron chi connectivity index (χ2n) is 6.24. The summed E-state index contributed by atoms with van der Waals surface area (Å²) in [6, 6.07) is 7.90. The first-order valence-corrected chi connectivity index (χ1v) is 7.77. The molecule has 0 radical (unpaired) electrons. The van der Waals surface area contributed by atoms with E-state index in [0.717, 1.165) is 24.4 Å². The Kier molecular flexibility index (Phi) is 5.62. The fourth-order valence-corrected chi connectivity index (χ4v) is 2.27. The van der Waals surface area contributed by atoms with Crippen molar-refractivity contribution in [1.29, 1.82) is 0 Å². The maximum absolute atomic E-state index is 12.1. The van der Waals surface area contributed by atoms with Crippen LogP contribution in [0.4, 0.5) is 0 Å². The Morgan fingerprint density at radius 1 is 1.33 bits per heavy atom. The molecule has 1 aromatic carbocycles. The van der Waals surface area contributed by atoms with Crippen molar-refractivity contribution in [3.05, 3.63) is 29.8 Å². The number of ether oxygens (including phenoxy) is 1. The highest BCUT2D eigenvalue weighted by molar-refractivity contribution is 5.78. The molecule has 0 spiro atoms. The van der Waals surface area contributed by atoms with Crippen molar-refractivity contribution < 1.29 is 9.53 Å². The smallest absolute Gasteiger partial charge is 0.223 e. The Balaban J connectivity index is 1.88. The van der Waals surface area contributed by atoms with Crippen molar-refractivity contribution in [1.82, 2.24) is 10.6 Å². The predicted molar refractivity (Wildman–Crippen MR) is 84.1 cm³/mol. The molecule has 1 saturated heterocycles. The minimum atomic E-state index is 0.0648. The molecule has 1 aromatic rings. The van der Waals surface area contributed by atoms with Crippen LogP contribution in [0.25, 0.3) is 0 Å². The Hall–Kier alpha value is -1.55. The van der Waals surface area contributed by atoms with Gasteiger partial charge in [-0.2, -0.15) is 0 Å². The number of para-hydroxylation sites is 1. The number of benzene rings is 1. The Morgan fingerprint density at radius 3 is 2.67 bits per heavy atom. The zero-order valence-electron chi connectivity index (χ0n) is 13.2. The lowest BCUT2D eigenvalue weighted by atomic mass is 9.88. The summed E-state index contributed by atoms with van der Waals surface area (Å²) < 4.78 is 5.81. The number of rotatable bonds is 7. The van der Waals surface area contributed by atoms with Crippen molar-refractivity contribution in [3.63, 3.8) is 0 Å². The van der Waals surface area contributed by atoms with Crippen LogP contribution in [0, 0.1) is 17.8 Å². The average molecular weight is 290 g/mol. The van der Waals surface area contributed by atoms with Gasteiger partial charge in [-0.1, -0.05) is 39.0 Å². The summed E-state index contributed by atoms with van der Waals surface area (Å²) >= 11 is 0. The van der Waals surface area contributed by atoms with E-state index in [2.05, 4.69) is 24.5 Å². The van der Waals surface area contributed by atoms with Gasteiger partial charge in [0.05, 0.1) is 6.61 Å². The topological polar surface area (TPSA) is 50.4 Å². The van der Waals surface area contributed by atoms with Gasteiger partial charge in [-0.3, -0.25) is 4.79 Å². The van der Waals surface area contributed by atoms with Crippen molar-refractivity contribution in [3.8, 4) is 5.75 Å². The van der Waals surface area contributed by atoms with E-state index in [1.165, 1.54) is 0 Å². The van der Waals surface area contributed by atoms with E-state index in [1.807, 2.05) is 31.2 Å². The monoisotopic (exact) mass is 290 g/mol. The summed E-state index contributed by atoms with van der Waals surface area (Å²) in [6.45, 7) is 9.36. The maximum Gasteiger partial charge on any atom is 0.223 e. The lowest BCUT2D eigenvalue weighted by molar-refractivity contribution is -0.126. The summed E-state index contributed by atoms with van der Waals surface area (Å²) in [7, 11) is 0. The third-order valence-corrected chi connectivity index (χ3v) is 3.93. The second kappa shape index (κ2) is 7.46. The van der Waals surface area contributed by atoms with Crippen molar-refractivity contribution in [2.75, 3.05) is 19.7 Å². The van der Waals surface area contributed by atoms with E-state index in [4.69, 9.17) is 4.74 Å². The molecule has 1 unspecified atom stereocenters. The van der Waals surface area contributed by atoms with Gasteiger partial charge in [0.1, 0.15) is 5.75 Å². The highest BCUT2D eigenvalue weighted by Crippen LogP contribution is 2.20. The molecule has 4 heteroatoms. The highest BCUT2D eigenvalue weighted by atomic mass is 16.5. The van der Waals surface area contributed by atoms with Gasteiger partial charge in [0.25, 0.3) is 0 Å². The molecular formula is C17H26N2O2. The molecule has 0 bridgehead atoms. The molecule has 2 rings (SSSR count). The van der Waals surface area contributed by atoms with Crippen LogP contribution in [0.5, 0.6) is 5.75 Å². The number of carbonyl (C=O) groups is 1. The number of nitrogens with one attached hydrogen (secondary N) is 2. The van der Waals surface area contributed by atoms with E-state index in [9.17, 15) is 4.79 Å². The number of hydrogen-bond donors (Lipinski definition) is 2. The van der Waals surface area contributed by atoms with E-state index in [1.54, 1.807) is 0 Å². The third-order valence-electron chi connectivity index (χ3n) is 3.93. The minimum absolute atomic E-state index is 0.0648. The van der Waals surface area contributed by atoms with Crippen LogP contribution in [-0.4, -0.2) is 25.6 Å². The Bertz CT molecular complexity index is 470. The first-order valence-electron chi connectivity index (χ1n) is 7.77. The van der Waals surface area contributed by atoms with Crippen LogP contribution < -0.4 is 15.4 Å². The van der Waals surface area contributed by atoms with Crippen molar-refractivity contribution >= 4 is 5.91 Å². The van der Waals surface area contributed by atoms with Gasteiger partial charge in [-0.15, -0.1) is 0 Å². The van der Waals surface area contributed by atoms with Gasteiger partial charge in [-0.05, 0) is 31.0 Å². The molecule has 0 aliphatic carbocycles. The second-order valence-corrected chi connectivity index (χ2v) is 6.24. The van der Waals surface area contributed by atoms with Crippen LogP contribution in [0.15, 0.2) is 24.3 Å². The molecule has 1 aliphatic heterocycles.